The highest BCUT2D eigenvalue weighted by molar-refractivity contribution is 7.95. The first kappa shape index (κ1) is 38.8. The van der Waals surface area contributed by atoms with E-state index in [2.05, 4.69) is 24.1 Å². The molecule has 2 heterocycles. The predicted molar refractivity (Wildman–Crippen MR) is 183 cm³/mol. The largest absolute Gasteiger partial charge is 0.744 e. The van der Waals surface area contributed by atoms with Crippen molar-refractivity contribution in [3.8, 4) is 0 Å². The molecule has 0 bridgehead atoms. The van der Waals surface area contributed by atoms with Gasteiger partial charge in [0.05, 0.1) is 34.7 Å². The van der Waals surface area contributed by atoms with Crippen LogP contribution in [0.2, 0.25) is 0 Å². The van der Waals surface area contributed by atoms with E-state index in [1.807, 2.05) is 0 Å². The molecule has 0 aliphatic carbocycles. The minimum atomic E-state index is -5.06. The first-order chi connectivity index (χ1) is 25.5. The van der Waals surface area contributed by atoms with Crippen LogP contribution >= 0.6 is 24.1 Å². The van der Waals surface area contributed by atoms with E-state index in [9.17, 15) is 42.7 Å². The Kier molecular flexibility index (Phi) is 12.5. The predicted octanol–water partition coefficient (Wildman–Crippen LogP) is 1.92. The summed E-state index contributed by atoms with van der Waals surface area (Å²) in [6.45, 7) is 0.548. The van der Waals surface area contributed by atoms with Crippen LogP contribution in [0.15, 0.2) is 63.2 Å². The van der Waals surface area contributed by atoms with Gasteiger partial charge in [-0.05, 0) is 60.4 Å². The van der Waals surface area contributed by atoms with Crippen LogP contribution in [0.25, 0.3) is 32.3 Å². The van der Waals surface area contributed by atoms with Crippen molar-refractivity contribution in [3.63, 3.8) is 0 Å². The third-order valence-electron chi connectivity index (χ3n) is 9.09. The molecule has 4 amide bonds. The zero-order valence-electron chi connectivity index (χ0n) is 27.6. The lowest BCUT2D eigenvalue weighted by Crippen LogP contribution is -2.37. The van der Waals surface area contributed by atoms with Gasteiger partial charge < -0.3 is 30.0 Å². The molecule has 1 N–H and O–H groups in total. The Morgan fingerprint density at radius 2 is 1.49 bits per heavy atom. The minimum absolute atomic E-state index is 0.0560. The summed E-state index contributed by atoms with van der Waals surface area (Å²) in [5.74, 6) is -1.88. The molecule has 1 unspecified atom stereocenters. The van der Waals surface area contributed by atoms with Crippen molar-refractivity contribution in [1.29, 1.82) is 0 Å². The van der Waals surface area contributed by atoms with Gasteiger partial charge in [-0.15, -0.1) is 0 Å². The second-order valence-corrected chi connectivity index (χ2v) is 14.9. The van der Waals surface area contributed by atoms with Crippen molar-refractivity contribution < 1.29 is 66.1 Å². The number of anilines is 1. The monoisotopic (exact) mass is 788 g/mol. The number of carbonyl (C=O) groups excluding carboxylic acids is 4. The maximum Gasteiger partial charge on any atom is 0.253 e. The molecule has 0 spiro atoms. The lowest BCUT2D eigenvalue weighted by molar-refractivity contribution is -0.777. The van der Waals surface area contributed by atoms with E-state index < -0.39 is 26.8 Å². The summed E-state index contributed by atoms with van der Waals surface area (Å²) < 4.78 is 52.2. The molecule has 20 heteroatoms. The minimum Gasteiger partial charge on any atom is -0.744 e. The summed E-state index contributed by atoms with van der Waals surface area (Å²) in [6, 6.07) is 8.90. The molecule has 17 nitrogen and oxygen atoms in total. The average Bonchev–Trinajstić information content (AvgIpc) is 3.50. The van der Waals surface area contributed by atoms with Crippen molar-refractivity contribution >= 4 is 95.8 Å². The molecule has 0 aromatic heterocycles. The lowest BCUT2D eigenvalue weighted by atomic mass is 9.92. The number of hydrogen-bond donors (Lipinski definition) is 1. The third-order valence-corrected chi connectivity index (χ3v) is 11.3. The molecule has 1 saturated heterocycles. The maximum atomic E-state index is 13.7. The molecular weight excluding hydrogens is 759 g/mol. The molecule has 1 fully saturated rings. The standard InChI is InChI=1S/C33H33N3O14S3/c37-28-8-9-29(38)36(28)13-3-1-2-12-34-33(40)19-10-14-35(30(39)18-46-15-11-19)24-16-25(51-49-47-41)21-5-6-22-26(52-50-48-42)17-27(53(43,44)45)23-7-4-20(24)31(21)32(22)23/h4-9,16-17,19,41-42H,1-3,10-15,18H2,(H,34,40)(H,43,44,45)/p-3. The molecule has 0 saturated carbocycles. The summed E-state index contributed by atoms with van der Waals surface area (Å²) in [6.07, 6.45) is 4.93. The Labute approximate surface area is 310 Å². The van der Waals surface area contributed by atoms with E-state index in [1.54, 1.807) is 24.3 Å². The zero-order chi connectivity index (χ0) is 37.7. The van der Waals surface area contributed by atoms with E-state index in [4.69, 9.17) is 4.74 Å². The molecule has 4 aromatic carbocycles. The topological polar surface area (TPSA) is 236 Å². The van der Waals surface area contributed by atoms with Crippen LogP contribution in [0.3, 0.4) is 0 Å². The number of amides is 4. The van der Waals surface area contributed by atoms with Crippen LogP contribution in [0.1, 0.15) is 32.1 Å². The van der Waals surface area contributed by atoms with Crippen LogP contribution in [0, 0.1) is 5.92 Å². The summed E-state index contributed by atoms with van der Waals surface area (Å²) in [4.78, 5) is 52.8. The van der Waals surface area contributed by atoms with Gasteiger partial charge in [-0.1, -0.05) is 24.3 Å². The smallest absolute Gasteiger partial charge is 0.253 e. The SMILES string of the molecule is O=C(NCCCCCN1C(=O)C=CC1=O)C1CCOCC(=O)N(c2cc(SOO[O-])c3ccc4c(SOO[O-])cc(S(=O)(=O)[O-])c5ccc2c3c45)CC1. The molecule has 282 valence electrons. The van der Waals surface area contributed by atoms with Crippen LogP contribution in [0.5, 0.6) is 0 Å². The Hall–Kier alpha value is -3.93. The Morgan fingerprint density at radius 1 is 0.868 bits per heavy atom. The highest BCUT2D eigenvalue weighted by Gasteiger charge is 2.29. The molecule has 53 heavy (non-hydrogen) atoms. The number of carbonyl (C=O) groups is 4. The molecule has 1 atom stereocenters. The zero-order valence-corrected chi connectivity index (χ0v) is 30.1. The Balaban J connectivity index is 1.30. The summed E-state index contributed by atoms with van der Waals surface area (Å²) in [7, 11) is -5.06. The molecule has 2 aliphatic heterocycles. The lowest BCUT2D eigenvalue weighted by Gasteiger charge is -2.27. The molecular formula is C33H30N3O14S3-3. The van der Waals surface area contributed by atoms with Gasteiger partial charge in [-0.3, -0.25) is 34.2 Å². The maximum absolute atomic E-state index is 13.7. The van der Waals surface area contributed by atoms with Gasteiger partial charge in [0.1, 0.15) is 16.7 Å². The van der Waals surface area contributed by atoms with Crippen LogP contribution in [0.4, 0.5) is 5.69 Å². The van der Waals surface area contributed by atoms with Crippen molar-refractivity contribution in [2.75, 3.05) is 37.7 Å². The molecule has 6 rings (SSSR count). The first-order valence-corrected chi connectivity index (χ1v) is 19.1. The fraction of sp³-hybridized carbons (Fsp3) is 0.333. The van der Waals surface area contributed by atoms with Crippen molar-refractivity contribution in [2.24, 2.45) is 5.92 Å². The number of rotatable bonds is 15. The van der Waals surface area contributed by atoms with Crippen LogP contribution < -0.4 is 20.7 Å². The number of nitrogens with zero attached hydrogens (tertiary/aromatic N) is 2. The number of ether oxygens (including phenoxy) is 1. The highest BCUT2D eigenvalue weighted by Crippen LogP contribution is 2.47. The molecule has 4 aromatic rings. The summed E-state index contributed by atoms with van der Waals surface area (Å²) >= 11 is 0.945. The van der Waals surface area contributed by atoms with Crippen molar-refractivity contribution in [1.82, 2.24) is 10.2 Å². The van der Waals surface area contributed by atoms with E-state index in [0.29, 0.717) is 95.0 Å². The highest BCUT2D eigenvalue weighted by atomic mass is 32.2. The second kappa shape index (κ2) is 17.0. The van der Waals surface area contributed by atoms with E-state index in [-0.39, 0.29) is 59.6 Å². The first-order valence-electron chi connectivity index (χ1n) is 16.2. The number of unbranched alkanes of at least 4 members (excludes halogenated alkanes) is 2. The second-order valence-electron chi connectivity index (χ2n) is 12.1. The number of nitrogens with one attached hydrogen (secondary N) is 1. The number of imide groups is 1. The van der Waals surface area contributed by atoms with Crippen LogP contribution in [-0.4, -0.2) is 74.3 Å². The van der Waals surface area contributed by atoms with Gasteiger partial charge in [-0.25, -0.2) is 8.42 Å². The van der Waals surface area contributed by atoms with Crippen LogP contribution in [-0.2, 0) is 52.8 Å². The number of hydrogen-bond acceptors (Lipinski definition) is 16. The Bertz CT molecular complexity index is 2160. The quantitative estimate of drug-likeness (QED) is 0.0344. The van der Waals surface area contributed by atoms with Gasteiger partial charge >= 0.3 is 0 Å². The van der Waals surface area contributed by atoms with E-state index in [0.717, 1.165) is 6.07 Å². The van der Waals surface area contributed by atoms with Crippen molar-refractivity contribution in [3.05, 3.63) is 48.6 Å². The fourth-order valence-electron chi connectivity index (χ4n) is 6.66. The van der Waals surface area contributed by atoms with Gasteiger partial charge in [0.2, 0.25) is 5.91 Å². The van der Waals surface area contributed by atoms with E-state index in [1.165, 1.54) is 28.0 Å². The molecule has 0 radical (unpaired) electrons. The van der Waals surface area contributed by atoms with Gasteiger partial charge in [0.15, 0.2) is 0 Å². The number of benzene rings is 4. The normalized spacial score (nSPS) is 17.3. The van der Waals surface area contributed by atoms with E-state index >= 15 is 0 Å². The van der Waals surface area contributed by atoms with Gasteiger partial charge in [0.25, 0.3) is 17.7 Å². The van der Waals surface area contributed by atoms with Crippen molar-refractivity contribution in [2.45, 2.75) is 46.8 Å². The van der Waals surface area contributed by atoms with Gasteiger partial charge in [-0.2, -0.15) is 8.67 Å². The summed E-state index contributed by atoms with van der Waals surface area (Å²) in [5, 5.41) is 33.6. The van der Waals surface area contributed by atoms with Gasteiger partial charge in [0, 0.05) is 70.3 Å². The average molecular weight is 789 g/mol. The Morgan fingerprint density at radius 3 is 2.15 bits per heavy atom. The summed E-state index contributed by atoms with van der Waals surface area (Å²) in [5.41, 5.74) is 0.312. The fourth-order valence-corrected chi connectivity index (χ4v) is 8.49. The molecule has 2 aliphatic rings. The third kappa shape index (κ3) is 8.42.